The van der Waals surface area contributed by atoms with Crippen molar-refractivity contribution in [3.8, 4) is 5.75 Å². The number of aliphatic hydroxyl groups is 1. The second-order valence-electron chi connectivity index (χ2n) is 6.64. The lowest BCUT2D eigenvalue weighted by atomic mass is 10.1. The summed E-state index contributed by atoms with van der Waals surface area (Å²) in [6.07, 6.45) is 2.74. The molecule has 2 heterocycles. The van der Waals surface area contributed by atoms with Crippen LogP contribution in [0.1, 0.15) is 18.6 Å². The van der Waals surface area contributed by atoms with Crippen molar-refractivity contribution in [1.29, 1.82) is 0 Å². The molecule has 1 unspecified atom stereocenters. The minimum Gasteiger partial charge on any atom is -0.495 e. The van der Waals surface area contributed by atoms with E-state index in [1.807, 2.05) is 30.3 Å². The summed E-state index contributed by atoms with van der Waals surface area (Å²) in [5, 5.41) is 13.7. The number of methoxy groups -OCH3 is 1. The number of aliphatic hydroxyl groups excluding tert-OH is 1. The summed E-state index contributed by atoms with van der Waals surface area (Å²) in [5.41, 5.74) is 1.95. The lowest BCUT2D eigenvalue weighted by Crippen LogP contribution is -2.52. The van der Waals surface area contributed by atoms with Crippen molar-refractivity contribution in [3.63, 3.8) is 0 Å². The molecule has 1 aromatic carbocycles. The van der Waals surface area contributed by atoms with Crippen LogP contribution in [-0.2, 0) is 0 Å². The SMILES string of the molecule is CCNC(=NCC(O)c1ccncc1)N1CCN(c2ccccc2OC)CC1.I. The van der Waals surface area contributed by atoms with Crippen molar-refractivity contribution in [1.82, 2.24) is 15.2 Å². The Labute approximate surface area is 189 Å². The molecule has 0 radical (unpaired) electrons. The fourth-order valence-corrected chi connectivity index (χ4v) is 3.34. The predicted octanol–water partition coefficient (Wildman–Crippen LogP) is 2.53. The van der Waals surface area contributed by atoms with Gasteiger partial charge in [-0.15, -0.1) is 24.0 Å². The van der Waals surface area contributed by atoms with Crippen molar-refractivity contribution >= 4 is 35.6 Å². The molecule has 1 atom stereocenters. The molecular formula is C21H30IN5O2. The molecule has 8 heteroatoms. The van der Waals surface area contributed by atoms with Crippen LogP contribution in [0.4, 0.5) is 5.69 Å². The molecule has 1 aliphatic heterocycles. The Morgan fingerprint density at radius 3 is 2.52 bits per heavy atom. The van der Waals surface area contributed by atoms with E-state index in [9.17, 15) is 5.11 Å². The van der Waals surface area contributed by atoms with E-state index in [1.165, 1.54) is 0 Å². The highest BCUT2D eigenvalue weighted by Gasteiger charge is 2.22. The van der Waals surface area contributed by atoms with Crippen LogP contribution in [0.2, 0.25) is 0 Å². The fourth-order valence-electron chi connectivity index (χ4n) is 3.34. The second-order valence-corrected chi connectivity index (χ2v) is 6.64. The number of pyridine rings is 1. The number of nitrogens with zero attached hydrogens (tertiary/aromatic N) is 4. The lowest BCUT2D eigenvalue weighted by Gasteiger charge is -2.38. The summed E-state index contributed by atoms with van der Waals surface area (Å²) < 4.78 is 5.49. The molecule has 0 spiro atoms. The van der Waals surface area contributed by atoms with Gasteiger partial charge in [-0.2, -0.15) is 0 Å². The van der Waals surface area contributed by atoms with Crippen molar-refractivity contribution in [2.75, 3.05) is 51.3 Å². The molecule has 2 N–H and O–H groups in total. The van der Waals surface area contributed by atoms with E-state index in [0.29, 0.717) is 6.54 Å². The molecule has 2 aromatic rings. The number of aromatic nitrogens is 1. The zero-order valence-electron chi connectivity index (χ0n) is 17.0. The highest BCUT2D eigenvalue weighted by atomic mass is 127. The van der Waals surface area contributed by atoms with Crippen LogP contribution in [0.15, 0.2) is 53.8 Å². The van der Waals surface area contributed by atoms with Crippen molar-refractivity contribution < 1.29 is 9.84 Å². The number of halogens is 1. The first kappa shape index (κ1) is 23.2. The Kier molecular flexibility index (Phi) is 9.46. The highest BCUT2D eigenvalue weighted by Crippen LogP contribution is 2.28. The first-order valence-electron chi connectivity index (χ1n) is 9.72. The molecule has 1 aromatic heterocycles. The third kappa shape index (κ3) is 6.20. The van der Waals surface area contributed by atoms with Crippen LogP contribution in [-0.4, -0.2) is 67.3 Å². The smallest absolute Gasteiger partial charge is 0.194 e. The number of guanidine groups is 1. The fraction of sp³-hybridized carbons (Fsp3) is 0.429. The number of hydrogen-bond acceptors (Lipinski definition) is 5. The van der Waals surface area contributed by atoms with Crippen LogP contribution in [0.5, 0.6) is 5.75 Å². The van der Waals surface area contributed by atoms with Gasteiger partial charge in [-0.05, 0) is 36.8 Å². The van der Waals surface area contributed by atoms with Crippen LogP contribution in [0, 0.1) is 0 Å². The maximum absolute atomic E-state index is 10.4. The number of benzene rings is 1. The summed E-state index contributed by atoms with van der Waals surface area (Å²) in [7, 11) is 1.71. The zero-order chi connectivity index (χ0) is 19.8. The topological polar surface area (TPSA) is 73.2 Å². The van der Waals surface area contributed by atoms with Gasteiger partial charge in [-0.25, -0.2) is 0 Å². The number of ether oxygens (including phenoxy) is 1. The zero-order valence-corrected chi connectivity index (χ0v) is 19.3. The maximum atomic E-state index is 10.4. The van der Waals surface area contributed by atoms with E-state index < -0.39 is 6.10 Å². The molecule has 158 valence electrons. The van der Waals surface area contributed by atoms with E-state index in [4.69, 9.17) is 4.74 Å². The van der Waals surface area contributed by atoms with Gasteiger partial charge in [-0.3, -0.25) is 9.98 Å². The van der Waals surface area contributed by atoms with Crippen LogP contribution in [0.3, 0.4) is 0 Å². The Bertz CT molecular complexity index is 767. The molecule has 7 nitrogen and oxygen atoms in total. The second kappa shape index (κ2) is 11.8. The number of nitrogens with one attached hydrogen (secondary N) is 1. The normalized spacial score (nSPS) is 15.5. The molecule has 1 fully saturated rings. The lowest BCUT2D eigenvalue weighted by molar-refractivity contribution is 0.186. The molecule has 1 aliphatic rings. The number of anilines is 1. The molecule has 0 amide bonds. The van der Waals surface area contributed by atoms with Crippen LogP contribution < -0.4 is 15.0 Å². The van der Waals surface area contributed by atoms with Crippen molar-refractivity contribution in [2.24, 2.45) is 4.99 Å². The average molecular weight is 511 g/mol. The van der Waals surface area contributed by atoms with Gasteiger partial charge in [-0.1, -0.05) is 12.1 Å². The van der Waals surface area contributed by atoms with Gasteiger partial charge in [0, 0.05) is 45.1 Å². The van der Waals surface area contributed by atoms with Gasteiger partial charge >= 0.3 is 0 Å². The van der Waals surface area contributed by atoms with Gasteiger partial charge in [0.1, 0.15) is 5.75 Å². The molecule has 1 saturated heterocycles. The predicted molar refractivity (Wildman–Crippen MR) is 127 cm³/mol. The molecule has 29 heavy (non-hydrogen) atoms. The summed E-state index contributed by atoms with van der Waals surface area (Å²) >= 11 is 0. The average Bonchev–Trinajstić information content (AvgIpc) is 2.77. The van der Waals surface area contributed by atoms with Crippen LogP contribution >= 0.6 is 24.0 Å². The van der Waals surface area contributed by atoms with Crippen molar-refractivity contribution in [2.45, 2.75) is 13.0 Å². The summed E-state index contributed by atoms with van der Waals surface area (Å²) in [6.45, 7) is 6.65. The first-order chi connectivity index (χ1) is 13.7. The van der Waals surface area contributed by atoms with Gasteiger partial charge in [0.15, 0.2) is 5.96 Å². The van der Waals surface area contributed by atoms with Crippen molar-refractivity contribution in [3.05, 3.63) is 54.4 Å². The Morgan fingerprint density at radius 2 is 1.86 bits per heavy atom. The van der Waals surface area contributed by atoms with E-state index in [1.54, 1.807) is 19.5 Å². The van der Waals surface area contributed by atoms with E-state index in [-0.39, 0.29) is 24.0 Å². The monoisotopic (exact) mass is 511 g/mol. The number of para-hydroxylation sites is 2. The number of piperazine rings is 1. The molecule has 3 rings (SSSR count). The Hall–Kier alpha value is -2.07. The minimum absolute atomic E-state index is 0. The minimum atomic E-state index is -0.633. The summed E-state index contributed by atoms with van der Waals surface area (Å²) in [6, 6.07) is 11.8. The first-order valence-corrected chi connectivity index (χ1v) is 9.72. The standard InChI is InChI=1S/C21H29N5O2.HI/c1-3-23-21(24-16-19(27)17-8-10-22-11-9-17)26-14-12-25(13-15-26)18-6-4-5-7-20(18)28-2;/h4-11,19,27H,3,12-16H2,1-2H3,(H,23,24);1H. The Morgan fingerprint density at radius 1 is 1.17 bits per heavy atom. The highest BCUT2D eigenvalue weighted by molar-refractivity contribution is 14.0. The number of hydrogen-bond donors (Lipinski definition) is 2. The molecular weight excluding hydrogens is 481 g/mol. The maximum Gasteiger partial charge on any atom is 0.194 e. The summed E-state index contributed by atoms with van der Waals surface area (Å²) in [4.78, 5) is 13.2. The number of rotatable bonds is 6. The Balaban J connectivity index is 0.00000300. The van der Waals surface area contributed by atoms with Crippen LogP contribution in [0.25, 0.3) is 0 Å². The number of aliphatic imine (C=N–C) groups is 1. The van der Waals surface area contributed by atoms with E-state index >= 15 is 0 Å². The molecule has 0 aliphatic carbocycles. The largest absolute Gasteiger partial charge is 0.495 e. The molecule has 0 bridgehead atoms. The molecule has 0 saturated carbocycles. The van der Waals surface area contributed by atoms with Gasteiger partial charge in [0.05, 0.1) is 25.4 Å². The van der Waals surface area contributed by atoms with Gasteiger partial charge in [0.25, 0.3) is 0 Å². The van der Waals surface area contributed by atoms with Gasteiger partial charge < -0.3 is 25.0 Å². The van der Waals surface area contributed by atoms with E-state index in [2.05, 4.69) is 38.1 Å². The third-order valence-electron chi connectivity index (χ3n) is 4.84. The van der Waals surface area contributed by atoms with Gasteiger partial charge in [0.2, 0.25) is 0 Å². The third-order valence-corrected chi connectivity index (χ3v) is 4.84. The quantitative estimate of drug-likeness (QED) is 0.353. The summed E-state index contributed by atoms with van der Waals surface area (Å²) in [5.74, 6) is 1.74. The van der Waals surface area contributed by atoms with E-state index in [0.717, 1.165) is 55.7 Å².